The highest BCUT2D eigenvalue weighted by atomic mass is 16.5. The van der Waals surface area contributed by atoms with Crippen LogP contribution in [-0.4, -0.2) is 18.8 Å². The Kier molecular flexibility index (Phi) is 5.38. The first kappa shape index (κ1) is 15.5. The van der Waals surface area contributed by atoms with Gasteiger partial charge in [-0.1, -0.05) is 17.0 Å². The quantitative estimate of drug-likeness (QED) is 0.807. The lowest BCUT2D eigenvalue weighted by atomic mass is 10.1. The third-order valence-corrected chi connectivity index (χ3v) is 2.34. The second-order valence-electron chi connectivity index (χ2n) is 5.75. The van der Waals surface area contributed by atoms with Crippen molar-refractivity contribution < 1.29 is 9.47 Å². The molecule has 0 amide bonds. The summed E-state index contributed by atoms with van der Waals surface area (Å²) >= 11 is 0. The smallest absolute Gasteiger partial charge is 0.310 e. The molecule has 0 aliphatic heterocycles. The predicted octanol–water partition coefficient (Wildman–Crippen LogP) is 4.29. The van der Waals surface area contributed by atoms with Crippen LogP contribution in [0.15, 0.2) is 24.3 Å². The Morgan fingerprint density at radius 1 is 1.11 bits per heavy atom. The largest absolute Gasteiger partial charge is 0.497 e. The summed E-state index contributed by atoms with van der Waals surface area (Å²) in [6.45, 7) is 10.1. The molecule has 0 aromatic heterocycles. The molecule has 1 aromatic rings. The van der Waals surface area contributed by atoms with Crippen LogP contribution in [0.1, 0.15) is 46.3 Å². The van der Waals surface area contributed by atoms with Crippen molar-refractivity contribution in [1.29, 1.82) is 0 Å². The van der Waals surface area contributed by atoms with Crippen molar-refractivity contribution in [2.45, 2.75) is 52.4 Å². The highest BCUT2D eigenvalue weighted by Gasteiger charge is 2.23. The maximum atomic E-state index is 5.86. The molecule has 3 heteroatoms. The van der Waals surface area contributed by atoms with Crippen molar-refractivity contribution in [2.24, 2.45) is 0 Å². The molecule has 0 saturated carbocycles. The molecule has 0 bridgehead atoms. The fourth-order valence-corrected chi connectivity index (χ4v) is 1.49. The van der Waals surface area contributed by atoms with E-state index in [2.05, 4.69) is 10.9 Å². The van der Waals surface area contributed by atoms with Crippen LogP contribution in [0.25, 0.3) is 4.85 Å². The van der Waals surface area contributed by atoms with Gasteiger partial charge >= 0.3 is 6.07 Å². The van der Waals surface area contributed by atoms with Crippen molar-refractivity contribution in [2.75, 3.05) is 7.11 Å². The minimum Gasteiger partial charge on any atom is -0.497 e. The lowest BCUT2D eigenvalue weighted by Gasteiger charge is -2.12. The van der Waals surface area contributed by atoms with Gasteiger partial charge in [0, 0.05) is 20.8 Å². The first-order valence-corrected chi connectivity index (χ1v) is 6.58. The van der Waals surface area contributed by atoms with Gasteiger partial charge in [-0.15, -0.1) is 0 Å². The van der Waals surface area contributed by atoms with E-state index in [1.807, 2.05) is 58.9 Å². The molecule has 1 rings (SSSR count). The number of nitrogens with zero attached hydrogens (tertiary/aromatic N) is 1. The number of hydrogen-bond donors (Lipinski definition) is 0. The fraction of sp³-hybridized carbons (Fsp3) is 0.562. The number of hydrogen-bond acceptors (Lipinski definition) is 2. The molecule has 1 atom stereocenters. The first-order chi connectivity index (χ1) is 8.81. The van der Waals surface area contributed by atoms with Gasteiger partial charge in [0.05, 0.1) is 13.2 Å². The molecule has 0 aliphatic rings. The normalized spacial score (nSPS) is 12.8. The highest BCUT2D eigenvalue weighted by molar-refractivity contribution is 5.31. The summed E-state index contributed by atoms with van der Waals surface area (Å²) in [5.74, 6) is 0.833. The summed E-state index contributed by atoms with van der Waals surface area (Å²) < 4.78 is 11.0. The Morgan fingerprint density at radius 2 is 1.68 bits per heavy atom. The van der Waals surface area contributed by atoms with Crippen LogP contribution in [0.4, 0.5) is 0 Å². The second-order valence-corrected chi connectivity index (χ2v) is 5.75. The molecular weight excluding hydrogens is 238 g/mol. The number of rotatable bonds is 4. The zero-order valence-corrected chi connectivity index (χ0v) is 12.7. The maximum Gasteiger partial charge on any atom is 0.310 e. The van der Waals surface area contributed by atoms with Crippen LogP contribution >= 0.6 is 0 Å². The molecule has 3 nitrogen and oxygen atoms in total. The van der Waals surface area contributed by atoms with E-state index in [9.17, 15) is 0 Å². The van der Waals surface area contributed by atoms with E-state index in [0.717, 1.165) is 11.3 Å². The van der Waals surface area contributed by atoms with Crippen molar-refractivity contribution in [1.82, 2.24) is 0 Å². The molecule has 0 aliphatic carbocycles. The monoisotopic (exact) mass is 262 g/mol. The Morgan fingerprint density at radius 3 is 2.11 bits per heavy atom. The molecule has 19 heavy (non-hydrogen) atoms. The Bertz CT molecular complexity index is 446. The van der Waals surface area contributed by atoms with Gasteiger partial charge in [0.25, 0.3) is 5.54 Å². The molecule has 1 unspecified atom stereocenters. The van der Waals surface area contributed by atoms with Gasteiger partial charge in [-0.25, -0.2) is 0 Å². The van der Waals surface area contributed by atoms with E-state index in [4.69, 9.17) is 9.47 Å². The molecule has 0 heterocycles. The minimum absolute atomic E-state index is 0.120. The standard InChI is InChI=1S/C16H24NO2/c1-12(2)19-15(11-17-16(3,4)5)13-7-9-14(18-6)10-8-13/h7-10,12,15H,1-6H3/q+1. The Hall–Kier alpha value is -1.53. The van der Waals surface area contributed by atoms with E-state index in [0.29, 0.717) is 0 Å². The SMILES string of the molecule is COc1ccc(C(C#[N+]C(C)(C)C)OC(C)C)cc1. The summed E-state index contributed by atoms with van der Waals surface area (Å²) in [6, 6.07) is 10.9. The zero-order valence-electron chi connectivity index (χ0n) is 12.7. The van der Waals surface area contributed by atoms with Gasteiger partial charge in [0.15, 0.2) is 0 Å². The van der Waals surface area contributed by atoms with E-state index >= 15 is 0 Å². The topological polar surface area (TPSA) is 22.8 Å². The molecule has 0 spiro atoms. The lowest BCUT2D eigenvalue weighted by molar-refractivity contribution is 0.0399. The number of ether oxygens (including phenoxy) is 2. The van der Waals surface area contributed by atoms with Crippen molar-refractivity contribution in [3.63, 3.8) is 0 Å². The lowest BCUT2D eigenvalue weighted by Crippen LogP contribution is -2.11. The summed E-state index contributed by atoms with van der Waals surface area (Å²) in [5.41, 5.74) is 0.882. The third kappa shape index (κ3) is 5.76. The summed E-state index contributed by atoms with van der Waals surface area (Å²) in [7, 11) is 1.66. The first-order valence-electron chi connectivity index (χ1n) is 6.58. The summed E-state index contributed by atoms with van der Waals surface area (Å²) in [5, 5.41) is 0. The predicted molar refractivity (Wildman–Crippen MR) is 79.0 cm³/mol. The van der Waals surface area contributed by atoms with Crippen molar-refractivity contribution in [3.8, 4) is 11.8 Å². The van der Waals surface area contributed by atoms with Crippen LogP contribution in [0, 0.1) is 6.07 Å². The molecule has 0 N–H and O–H groups in total. The van der Waals surface area contributed by atoms with Crippen molar-refractivity contribution >= 4 is 0 Å². The minimum atomic E-state index is -0.245. The van der Waals surface area contributed by atoms with Crippen LogP contribution in [0.5, 0.6) is 5.75 Å². The van der Waals surface area contributed by atoms with Gasteiger partial charge in [-0.3, -0.25) is 0 Å². The summed E-state index contributed by atoms with van der Waals surface area (Å²) in [6.07, 6.45) is -0.125. The maximum absolute atomic E-state index is 5.86. The Labute approximate surface area is 116 Å². The van der Waals surface area contributed by atoms with Crippen LogP contribution < -0.4 is 4.74 Å². The van der Waals surface area contributed by atoms with Gasteiger partial charge in [-0.05, 0) is 31.5 Å². The molecule has 0 saturated heterocycles. The second kappa shape index (κ2) is 6.58. The Balaban J connectivity index is 2.97. The molecule has 1 aromatic carbocycles. The number of methoxy groups -OCH3 is 1. The van der Waals surface area contributed by atoms with Crippen molar-refractivity contribution in [3.05, 3.63) is 34.7 Å². The van der Waals surface area contributed by atoms with Gasteiger partial charge in [-0.2, -0.15) is 0 Å². The van der Waals surface area contributed by atoms with E-state index in [-0.39, 0.29) is 17.7 Å². The van der Waals surface area contributed by atoms with Gasteiger partial charge in [0.2, 0.25) is 6.10 Å². The van der Waals surface area contributed by atoms with Gasteiger partial charge < -0.3 is 9.47 Å². The van der Waals surface area contributed by atoms with E-state index in [1.165, 1.54) is 0 Å². The molecular formula is C16H24NO2+. The number of benzene rings is 1. The van der Waals surface area contributed by atoms with E-state index < -0.39 is 0 Å². The molecule has 0 fully saturated rings. The third-order valence-electron chi connectivity index (χ3n) is 2.34. The molecule has 104 valence electrons. The van der Waals surface area contributed by atoms with Crippen LogP contribution in [0.2, 0.25) is 0 Å². The highest BCUT2D eigenvalue weighted by Crippen LogP contribution is 2.22. The summed E-state index contributed by atoms with van der Waals surface area (Å²) in [4.78, 5) is 4.42. The van der Waals surface area contributed by atoms with Crippen LogP contribution in [-0.2, 0) is 4.74 Å². The average molecular weight is 262 g/mol. The van der Waals surface area contributed by atoms with E-state index in [1.54, 1.807) is 7.11 Å². The molecule has 0 radical (unpaired) electrons. The zero-order chi connectivity index (χ0) is 14.5. The van der Waals surface area contributed by atoms with Gasteiger partial charge in [0.1, 0.15) is 5.75 Å². The average Bonchev–Trinajstić information content (AvgIpc) is 2.33. The fourth-order valence-electron chi connectivity index (χ4n) is 1.49. The van der Waals surface area contributed by atoms with Crippen LogP contribution in [0.3, 0.4) is 0 Å².